The highest BCUT2D eigenvalue weighted by Crippen LogP contribution is 2.13. The summed E-state index contributed by atoms with van der Waals surface area (Å²) in [7, 11) is 0. The Bertz CT molecular complexity index is 338. The van der Waals surface area contributed by atoms with Crippen LogP contribution in [0.5, 0.6) is 0 Å². The van der Waals surface area contributed by atoms with E-state index in [0.717, 1.165) is 6.07 Å². The number of nitrogen functional groups attached to an aromatic ring is 1. The zero-order valence-corrected chi connectivity index (χ0v) is 6.34. The van der Waals surface area contributed by atoms with Gasteiger partial charge in [-0.05, 0) is 6.92 Å². The summed E-state index contributed by atoms with van der Waals surface area (Å²) in [5.74, 6) is -1.85. The molecule has 0 aliphatic carbocycles. The van der Waals surface area contributed by atoms with Gasteiger partial charge in [-0.25, -0.2) is 14.2 Å². The average molecular weight is 170 g/mol. The van der Waals surface area contributed by atoms with E-state index in [1.54, 1.807) is 0 Å². The summed E-state index contributed by atoms with van der Waals surface area (Å²) in [6.07, 6.45) is 0. The van der Waals surface area contributed by atoms with Gasteiger partial charge >= 0.3 is 5.97 Å². The molecule has 0 aromatic carbocycles. The van der Waals surface area contributed by atoms with Crippen LogP contribution >= 0.6 is 0 Å². The lowest BCUT2D eigenvalue weighted by molar-refractivity contribution is 0.0691. The van der Waals surface area contributed by atoms with Crippen molar-refractivity contribution >= 4 is 11.7 Å². The van der Waals surface area contributed by atoms with Gasteiger partial charge in [-0.15, -0.1) is 0 Å². The fourth-order valence-corrected chi connectivity index (χ4v) is 0.766. The standard InChI is InChI=1S/C7H7FN2O2/c1-3-4(8)2-5(9)6(10-3)7(11)12/h2H,9H2,1H3,(H,11,12). The number of carboxylic acid groups (broad SMARTS) is 1. The highest BCUT2D eigenvalue weighted by Gasteiger charge is 2.12. The smallest absolute Gasteiger partial charge is 0.356 e. The zero-order valence-electron chi connectivity index (χ0n) is 6.34. The van der Waals surface area contributed by atoms with E-state index in [-0.39, 0.29) is 17.1 Å². The molecule has 1 rings (SSSR count). The van der Waals surface area contributed by atoms with Crippen LogP contribution in [0.15, 0.2) is 6.07 Å². The second-order valence-corrected chi connectivity index (χ2v) is 2.30. The molecule has 1 heterocycles. The average Bonchev–Trinajstić information content (AvgIpc) is 1.96. The zero-order chi connectivity index (χ0) is 9.30. The Kier molecular flexibility index (Phi) is 1.95. The van der Waals surface area contributed by atoms with E-state index in [1.807, 2.05) is 0 Å². The van der Waals surface area contributed by atoms with E-state index in [2.05, 4.69) is 4.98 Å². The third-order valence-corrected chi connectivity index (χ3v) is 1.38. The van der Waals surface area contributed by atoms with Gasteiger partial charge in [-0.1, -0.05) is 0 Å². The van der Waals surface area contributed by atoms with Gasteiger partial charge in [-0.2, -0.15) is 0 Å². The number of aryl methyl sites for hydroxylation is 1. The van der Waals surface area contributed by atoms with E-state index in [4.69, 9.17) is 10.8 Å². The van der Waals surface area contributed by atoms with Gasteiger partial charge in [0.05, 0.1) is 11.4 Å². The molecule has 0 unspecified atom stereocenters. The lowest BCUT2D eigenvalue weighted by Gasteiger charge is -2.01. The molecule has 1 aromatic rings. The van der Waals surface area contributed by atoms with Crippen LogP contribution in [0.2, 0.25) is 0 Å². The first-order chi connectivity index (χ1) is 5.52. The largest absolute Gasteiger partial charge is 0.476 e. The van der Waals surface area contributed by atoms with Crippen LogP contribution < -0.4 is 5.73 Å². The molecular formula is C7H7FN2O2. The van der Waals surface area contributed by atoms with Gasteiger partial charge in [0, 0.05) is 6.07 Å². The molecule has 0 saturated heterocycles. The maximum atomic E-state index is 12.7. The van der Waals surface area contributed by atoms with Crippen molar-refractivity contribution < 1.29 is 14.3 Å². The molecule has 0 aliphatic rings. The summed E-state index contributed by atoms with van der Waals surface area (Å²) in [4.78, 5) is 13.9. The van der Waals surface area contributed by atoms with Crippen molar-refractivity contribution in [2.75, 3.05) is 5.73 Å². The molecule has 0 radical (unpaired) electrons. The Balaban J connectivity index is 3.33. The quantitative estimate of drug-likeness (QED) is 0.653. The number of hydrogen-bond donors (Lipinski definition) is 2. The predicted molar refractivity (Wildman–Crippen MR) is 40.3 cm³/mol. The molecule has 1 aromatic heterocycles. The molecule has 0 fully saturated rings. The Labute approximate surface area is 67.8 Å². The van der Waals surface area contributed by atoms with E-state index < -0.39 is 11.8 Å². The number of carbonyl (C=O) groups is 1. The number of carboxylic acids is 1. The summed E-state index contributed by atoms with van der Waals surface area (Å²) < 4.78 is 12.7. The number of nitrogens with two attached hydrogens (primary N) is 1. The van der Waals surface area contributed by atoms with Gasteiger partial charge in [0.25, 0.3) is 0 Å². The molecule has 0 spiro atoms. The highest BCUT2D eigenvalue weighted by molar-refractivity contribution is 5.91. The third kappa shape index (κ3) is 1.34. The lowest BCUT2D eigenvalue weighted by atomic mass is 10.2. The predicted octanol–water partition coefficient (Wildman–Crippen LogP) is 0.810. The number of aromatic nitrogens is 1. The Morgan fingerprint density at radius 1 is 1.75 bits per heavy atom. The number of pyridine rings is 1. The second kappa shape index (κ2) is 2.77. The summed E-state index contributed by atoms with van der Waals surface area (Å²) in [5, 5.41) is 8.52. The van der Waals surface area contributed by atoms with E-state index in [1.165, 1.54) is 6.92 Å². The van der Waals surface area contributed by atoms with Crippen molar-refractivity contribution in [2.24, 2.45) is 0 Å². The number of halogens is 1. The maximum Gasteiger partial charge on any atom is 0.356 e. The van der Waals surface area contributed by atoms with Gasteiger partial charge in [0.2, 0.25) is 0 Å². The monoisotopic (exact) mass is 170 g/mol. The maximum absolute atomic E-state index is 12.7. The van der Waals surface area contributed by atoms with Crippen molar-refractivity contribution in [3.8, 4) is 0 Å². The van der Waals surface area contributed by atoms with Crippen molar-refractivity contribution in [3.63, 3.8) is 0 Å². The molecule has 0 aliphatic heterocycles. The molecule has 0 bridgehead atoms. The SMILES string of the molecule is Cc1nc(C(=O)O)c(N)cc1F. The fraction of sp³-hybridized carbons (Fsp3) is 0.143. The van der Waals surface area contributed by atoms with Crippen LogP contribution in [0, 0.1) is 12.7 Å². The highest BCUT2D eigenvalue weighted by atomic mass is 19.1. The molecule has 12 heavy (non-hydrogen) atoms. The van der Waals surface area contributed by atoms with Gasteiger partial charge in [0.15, 0.2) is 5.69 Å². The van der Waals surface area contributed by atoms with Gasteiger partial charge < -0.3 is 10.8 Å². The first-order valence-corrected chi connectivity index (χ1v) is 3.18. The van der Waals surface area contributed by atoms with E-state index in [9.17, 15) is 9.18 Å². The Morgan fingerprint density at radius 3 is 2.83 bits per heavy atom. The molecule has 4 nitrogen and oxygen atoms in total. The number of anilines is 1. The van der Waals surface area contributed by atoms with Gasteiger partial charge in [0.1, 0.15) is 5.82 Å². The van der Waals surface area contributed by atoms with E-state index in [0.29, 0.717) is 0 Å². The van der Waals surface area contributed by atoms with Crippen molar-refractivity contribution in [3.05, 3.63) is 23.3 Å². The summed E-state index contributed by atoms with van der Waals surface area (Å²) in [6, 6.07) is 0.950. The van der Waals surface area contributed by atoms with Crippen LogP contribution in [0.3, 0.4) is 0 Å². The molecule has 5 heteroatoms. The first-order valence-electron chi connectivity index (χ1n) is 3.18. The fourth-order valence-electron chi connectivity index (χ4n) is 0.766. The second-order valence-electron chi connectivity index (χ2n) is 2.30. The van der Waals surface area contributed by atoms with E-state index >= 15 is 0 Å². The minimum absolute atomic E-state index is 0.0293. The Morgan fingerprint density at radius 2 is 2.33 bits per heavy atom. The summed E-state index contributed by atoms with van der Waals surface area (Å²) >= 11 is 0. The van der Waals surface area contributed by atoms with Crippen molar-refractivity contribution in [2.45, 2.75) is 6.92 Å². The lowest BCUT2D eigenvalue weighted by Crippen LogP contribution is -2.07. The van der Waals surface area contributed by atoms with Crippen LogP contribution in [0.1, 0.15) is 16.2 Å². The minimum atomic E-state index is -1.25. The number of hydrogen-bond acceptors (Lipinski definition) is 3. The third-order valence-electron chi connectivity index (χ3n) is 1.38. The molecule has 0 amide bonds. The first kappa shape index (κ1) is 8.45. The van der Waals surface area contributed by atoms with Crippen molar-refractivity contribution in [1.82, 2.24) is 4.98 Å². The molecule has 64 valence electrons. The molecule has 0 saturated carbocycles. The van der Waals surface area contributed by atoms with Crippen LogP contribution in [0.4, 0.5) is 10.1 Å². The molecule has 0 atom stereocenters. The minimum Gasteiger partial charge on any atom is -0.476 e. The molecule has 3 N–H and O–H groups in total. The number of rotatable bonds is 1. The van der Waals surface area contributed by atoms with Crippen LogP contribution in [-0.4, -0.2) is 16.1 Å². The summed E-state index contributed by atoms with van der Waals surface area (Å²) in [6.45, 7) is 1.38. The Hall–Kier alpha value is -1.65. The van der Waals surface area contributed by atoms with Crippen LogP contribution in [0.25, 0.3) is 0 Å². The topological polar surface area (TPSA) is 76.2 Å². The molecular weight excluding hydrogens is 163 g/mol. The van der Waals surface area contributed by atoms with Gasteiger partial charge in [-0.3, -0.25) is 0 Å². The number of aromatic carboxylic acids is 1. The number of nitrogens with zero attached hydrogens (tertiary/aromatic N) is 1. The van der Waals surface area contributed by atoms with Crippen LogP contribution in [-0.2, 0) is 0 Å². The summed E-state index contributed by atoms with van der Waals surface area (Å²) in [5.41, 5.74) is 4.76. The normalized spacial score (nSPS) is 9.83. The van der Waals surface area contributed by atoms with Crippen molar-refractivity contribution in [1.29, 1.82) is 0 Å².